The molecule has 0 spiro atoms. The maximum Gasteiger partial charge on any atom is 0.163 e. The Morgan fingerprint density at radius 2 is 1.71 bits per heavy atom. The zero-order chi connectivity index (χ0) is 19.8. The first-order valence-corrected chi connectivity index (χ1v) is 8.78. The number of hydrogen-bond donors (Lipinski definition) is 0. The highest BCUT2D eigenvalue weighted by atomic mass is 16.5. The van der Waals surface area contributed by atoms with Crippen molar-refractivity contribution >= 4 is 10.9 Å². The second-order valence-electron chi connectivity index (χ2n) is 5.82. The first kappa shape index (κ1) is 19.6. The zero-order valence-electron chi connectivity index (χ0n) is 15.9. The molecule has 28 heavy (non-hydrogen) atoms. The standard InChI is InChI=1S/C22H21N2O4/c1-4-16-7-5-6-8-17(16)22-18-13-20(27-11-9-25-2)21(28-12-10-26-3)14-19(18)23-15-24-22/h1,5-7,13-15H,9-12H2,2-3H3. The molecule has 0 fully saturated rings. The Morgan fingerprint density at radius 3 is 2.39 bits per heavy atom. The van der Waals surface area contributed by atoms with Gasteiger partial charge in [-0.3, -0.25) is 0 Å². The predicted molar refractivity (Wildman–Crippen MR) is 106 cm³/mol. The van der Waals surface area contributed by atoms with Gasteiger partial charge in [0.1, 0.15) is 19.5 Å². The maximum absolute atomic E-state index is 5.87. The molecule has 3 rings (SSSR count). The summed E-state index contributed by atoms with van der Waals surface area (Å²) in [6, 6.07) is 12.4. The van der Waals surface area contributed by atoms with Gasteiger partial charge in [0.2, 0.25) is 0 Å². The first-order valence-electron chi connectivity index (χ1n) is 8.78. The Balaban J connectivity index is 2.09. The van der Waals surface area contributed by atoms with E-state index < -0.39 is 0 Å². The summed E-state index contributed by atoms with van der Waals surface area (Å²) < 4.78 is 21.8. The molecule has 0 aliphatic rings. The average molecular weight is 377 g/mol. The third-order valence-electron chi connectivity index (χ3n) is 4.04. The highest BCUT2D eigenvalue weighted by Gasteiger charge is 2.15. The van der Waals surface area contributed by atoms with Gasteiger partial charge in [-0.15, -0.1) is 6.42 Å². The third-order valence-corrected chi connectivity index (χ3v) is 4.04. The second kappa shape index (κ2) is 9.70. The minimum atomic E-state index is 0.388. The molecule has 0 unspecified atom stereocenters. The van der Waals surface area contributed by atoms with Crippen molar-refractivity contribution < 1.29 is 18.9 Å². The van der Waals surface area contributed by atoms with Gasteiger partial charge < -0.3 is 18.9 Å². The quantitative estimate of drug-likeness (QED) is 0.422. The molecule has 0 saturated carbocycles. The van der Waals surface area contributed by atoms with Crippen LogP contribution in [0.1, 0.15) is 5.56 Å². The van der Waals surface area contributed by atoms with Crippen LogP contribution in [-0.4, -0.2) is 50.6 Å². The first-order chi connectivity index (χ1) is 13.8. The Hall–Kier alpha value is -3.14. The van der Waals surface area contributed by atoms with Crippen molar-refractivity contribution in [2.24, 2.45) is 0 Å². The molecule has 0 saturated heterocycles. The van der Waals surface area contributed by atoms with E-state index >= 15 is 0 Å². The number of aromatic nitrogens is 2. The van der Waals surface area contributed by atoms with E-state index in [2.05, 4.69) is 22.0 Å². The van der Waals surface area contributed by atoms with Gasteiger partial charge >= 0.3 is 0 Å². The molecule has 0 atom stereocenters. The molecule has 0 N–H and O–H groups in total. The van der Waals surface area contributed by atoms with Crippen LogP contribution in [0.5, 0.6) is 11.5 Å². The lowest BCUT2D eigenvalue weighted by atomic mass is 10.0. The SMILES string of the molecule is C#Cc1ccc[c]c1-c1ncnc2cc(OCCOC)c(OCCOC)cc12. The van der Waals surface area contributed by atoms with Crippen molar-refractivity contribution in [3.8, 4) is 35.1 Å². The molecule has 0 amide bonds. The smallest absolute Gasteiger partial charge is 0.163 e. The topological polar surface area (TPSA) is 62.7 Å². The van der Waals surface area contributed by atoms with Gasteiger partial charge in [0, 0.05) is 36.8 Å². The molecular formula is C22H21N2O4. The minimum Gasteiger partial charge on any atom is -0.487 e. The van der Waals surface area contributed by atoms with E-state index in [4.69, 9.17) is 25.4 Å². The number of nitrogens with zero attached hydrogens (tertiary/aromatic N) is 2. The highest BCUT2D eigenvalue weighted by molar-refractivity contribution is 5.95. The Morgan fingerprint density at radius 1 is 1.00 bits per heavy atom. The van der Waals surface area contributed by atoms with E-state index in [9.17, 15) is 0 Å². The highest BCUT2D eigenvalue weighted by Crippen LogP contribution is 2.36. The van der Waals surface area contributed by atoms with E-state index in [1.54, 1.807) is 14.2 Å². The van der Waals surface area contributed by atoms with Crippen molar-refractivity contribution in [1.82, 2.24) is 9.97 Å². The van der Waals surface area contributed by atoms with Crippen LogP contribution in [0.25, 0.3) is 22.2 Å². The summed E-state index contributed by atoms with van der Waals surface area (Å²) in [5, 5.41) is 0.799. The average Bonchev–Trinajstić information content (AvgIpc) is 2.73. The van der Waals surface area contributed by atoms with Crippen LogP contribution in [0.2, 0.25) is 0 Å². The summed E-state index contributed by atoms with van der Waals surface area (Å²) in [7, 11) is 3.25. The molecule has 3 aromatic rings. The minimum absolute atomic E-state index is 0.388. The number of fused-ring (bicyclic) bond motifs is 1. The lowest BCUT2D eigenvalue weighted by Crippen LogP contribution is -2.09. The number of methoxy groups -OCH3 is 2. The van der Waals surface area contributed by atoms with Gasteiger partial charge in [-0.2, -0.15) is 0 Å². The monoisotopic (exact) mass is 377 g/mol. The van der Waals surface area contributed by atoms with Gasteiger partial charge in [-0.1, -0.05) is 18.1 Å². The van der Waals surface area contributed by atoms with E-state index in [1.165, 1.54) is 6.33 Å². The number of hydrogen-bond acceptors (Lipinski definition) is 6. The molecule has 0 aliphatic heterocycles. The van der Waals surface area contributed by atoms with E-state index in [-0.39, 0.29) is 0 Å². The fraction of sp³-hybridized carbons (Fsp3) is 0.273. The van der Waals surface area contributed by atoms with Crippen LogP contribution in [0.15, 0.2) is 36.7 Å². The van der Waals surface area contributed by atoms with Crippen LogP contribution < -0.4 is 9.47 Å². The summed E-state index contributed by atoms with van der Waals surface area (Å²) in [5.74, 6) is 3.84. The van der Waals surface area contributed by atoms with Gasteiger partial charge in [-0.05, 0) is 18.2 Å². The molecule has 1 heterocycles. The van der Waals surface area contributed by atoms with Crippen LogP contribution in [0, 0.1) is 18.4 Å². The van der Waals surface area contributed by atoms with Crippen molar-refractivity contribution in [3.63, 3.8) is 0 Å². The third kappa shape index (κ3) is 4.39. The number of rotatable bonds is 9. The van der Waals surface area contributed by atoms with E-state index in [0.717, 1.165) is 16.5 Å². The molecule has 1 radical (unpaired) electrons. The number of terminal acetylenes is 1. The van der Waals surface area contributed by atoms with Crippen LogP contribution in [-0.2, 0) is 9.47 Å². The largest absolute Gasteiger partial charge is 0.487 e. The summed E-state index contributed by atoms with van der Waals surface area (Å²) in [6.45, 7) is 1.71. The Bertz CT molecular complexity index is 982. The summed E-state index contributed by atoms with van der Waals surface area (Å²) in [4.78, 5) is 8.83. The zero-order valence-corrected chi connectivity index (χ0v) is 15.9. The predicted octanol–water partition coefficient (Wildman–Crippen LogP) is 3.13. The molecule has 143 valence electrons. The fourth-order valence-corrected chi connectivity index (χ4v) is 2.71. The van der Waals surface area contributed by atoms with Gasteiger partial charge in [0.15, 0.2) is 11.5 Å². The number of ether oxygens (including phenoxy) is 4. The van der Waals surface area contributed by atoms with Gasteiger partial charge in [-0.25, -0.2) is 9.97 Å². The molecular weight excluding hydrogens is 356 g/mol. The molecule has 0 bridgehead atoms. The summed E-state index contributed by atoms with van der Waals surface area (Å²) in [6.07, 6.45) is 7.15. The molecule has 2 aromatic carbocycles. The fourth-order valence-electron chi connectivity index (χ4n) is 2.71. The van der Waals surface area contributed by atoms with Crippen LogP contribution in [0.4, 0.5) is 0 Å². The second-order valence-corrected chi connectivity index (χ2v) is 5.82. The Labute approximate surface area is 164 Å². The summed E-state index contributed by atoms with van der Waals surface area (Å²) in [5.41, 5.74) is 2.87. The van der Waals surface area contributed by atoms with E-state index in [1.807, 2.05) is 30.3 Å². The van der Waals surface area contributed by atoms with Crippen LogP contribution >= 0.6 is 0 Å². The maximum atomic E-state index is 5.87. The van der Waals surface area contributed by atoms with Crippen molar-refractivity contribution in [2.75, 3.05) is 40.6 Å². The van der Waals surface area contributed by atoms with Gasteiger partial charge in [0.25, 0.3) is 0 Å². The Kier molecular flexibility index (Phi) is 6.79. The lowest BCUT2D eigenvalue weighted by molar-refractivity contribution is 0.132. The number of benzene rings is 2. The van der Waals surface area contributed by atoms with Crippen molar-refractivity contribution in [2.45, 2.75) is 0 Å². The normalized spacial score (nSPS) is 10.6. The molecule has 0 aliphatic carbocycles. The van der Waals surface area contributed by atoms with Crippen molar-refractivity contribution in [1.29, 1.82) is 0 Å². The lowest BCUT2D eigenvalue weighted by Gasteiger charge is -2.15. The molecule has 6 nitrogen and oxygen atoms in total. The molecule has 1 aromatic heterocycles. The van der Waals surface area contributed by atoms with E-state index in [0.29, 0.717) is 49.2 Å². The molecule has 6 heteroatoms. The van der Waals surface area contributed by atoms with Crippen molar-refractivity contribution in [3.05, 3.63) is 48.3 Å². The van der Waals surface area contributed by atoms with Crippen LogP contribution in [0.3, 0.4) is 0 Å². The van der Waals surface area contributed by atoms with Gasteiger partial charge in [0.05, 0.1) is 24.4 Å². The summed E-state index contributed by atoms with van der Waals surface area (Å²) >= 11 is 0.